The molecule has 0 rings (SSSR count). The first kappa shape index (κ1) is 19.3. The van der Waals surface area contributed by atoms with Gasteiger partial charge in [0, 0.05) is 0 Å². The van der Waals surface area contributed by atoms with Gasteiger partial charge in [-0.1, -0.05) is 19.1 Å². The number of ether oxygens (including phenoxy) is 1. The fourth-order valence-electron chi connectivity index (χ4n) is 1.82. The molecule has 0 spiro atoms. The summed E-state index contributed by atoms with van der Waals surface area (Å²) in [6.07, 6.45) is 0.616. The van der Waals surface area contributed by atoms with Crippen molar-refractivity contribution >= 4 is 25.2 Å². The first-order valence-corrected chi connectivity index (χ1v) is 16.1. The topological polar surface area (TPSA) is 27.7 Å². The van der Waals surface area contributed by atoms with Gasteiger partial charge in [0.2, 0.25) is 0 Å². The van der Waals surface area contributed by atoms with Gasteiger partial charge in [-0.15, -0.1) is 0 Å². The van der Waals surface area contributed by atoms with E-state index < -0.39 is 25.2 Å². The van der Waals surface area contributed by atoms with E-state index in [1.807, 2.05) is 6.92 Å². The van der Waals surface area contributed by atoms with Crippen LogP contribution in [-0.4, -0.2) is 38.0 Å². The van der Waals surface area contributed by atoms with Gasteiger partial charge in [0.15, 0.2) is 16.6 Å². The summed E-state index contributed by atoms with van der Waals surface area (Å²) in [5.74, 6) is 0. The summed E-state index contributed by atoms with van der Waals surface area (Å²) >= 11 is 0. The van der Waals surface area contributed by atoms with Crippen LogP contribution < -0.4 is 0 Å². The molecule has 0 aliphatic heterocycles. The maximum atomic E-state index is 6.47. The van der Waals surface area contributed by atoms with Gasteiger partial charge < -0.3 is 13.0 Å². The Labute approximate surface area is 122 Å². The summed E-state index contributed by atoms with van der Waals surface area (Å²) in [4.78, 5) is 0. The van der Waals surface area contributed by atoms with Crippen molar-refractivity contribution in [2.75, 3.05) is 12.8 Å². The van der Waals surface area contributed by atoms with Crippen LogP contribution in [0, 0.1) is 0 Å². The molecular formula is C13H32O3Si3. The number of hydrogen-bond acceptors (Lipinski definition) is 3. The third-order valence-corrected chi connectivity index (χ3v) is 11.8. The quantitative estimate of drug-likeness (QED) is 0.469. The van der Waals surface area contributed by atoms with Crippen molar-refractivity contribution in [1.29, 1.82) is 0 Å². The van der Waals surface area contributed by atoms with Crippen LogP contribution in [0.25, 0.3) is 0 Å². The van der Waals surface area contributed by atoms with Crippen molar-refractivity contribution in [3.05, 3.63) is 12.2 Å². The lowest BCUT2D eigenvalue weighted by Gasteiger charge is -2.40. The maximum Gasteiger partial charge on any atom is 0.344 e. The fraction of sp³-hybridized carbons (Fsp3) is 0.846. The van der Waals surface area contributed by atoms with E-state index >= 15 is 0 Å². The van der Waals surface area contributed by atoms with Crippen molar-refractivity contribution < 1.29 is 13.0 Å². The summed E-state index contributed by atoms with van der Waals surface area (Å²) < 4.78 is 18.7. The second-order valence-electron chi connectivity index (χ2n) is 7.14. The second kappa shape index (κ2) is 7.33. The highest BCUT2D eigenvalue weighted by Gasteiger charge is 2.43. The van der Waals surface area contributed by atoms with Gasteiger partial charge in [0.25, 0.3) is 0 Å². The van der Waals surface area contributed by atoms with Crippen LogP contribution in [0.5, 0.6) is 0 Å². The molecule has 0 aromatic carbocycles. The zero-order valence-electron chi connectivity index (χ0n) is 14.1. The Morgan fingerprint density at radius 2 is 1.37 bits per heavy atom. The minimum Gasteiger partial charge on any atom is -0.435 e. The molecule has 0 fully saturated rings. The van der Waals surface area contributed by atoms with Crippen LogP contribution in [0.1, 0.15) is 13.8 Å². The summed E-state index contributed by atoms with van der Waals surface area (Å²) in [5, 5.41) is 0. The summed E-state index contributed by atoms with van der Waals surface area (Å²) in [7, 11) is -5.52. The monoisotopic (exact) mass is 320 g/mol. The van der Waals surface area contributed by atoms with Crippen molar-refractivity contribution in [2.24, 2.45) is 0 Å². The SMILES string of the molecule is C=C(C)COC[Si](CC)(O[Si](C)(C)C)O[Si](C)(C)C. The zero-order chi connectivity index (χ0) is 15.3. The molecule has 0 amide bonds. The Kier molecular flexibility index (Phi) is 7.43. The molecule has 0 unspecified atom stereocenters. The summed E-state index contributed by atoms with van der Waals surface area (Å²) in [5.41, 5.74) is 1.04. The third kappa shape index (κ3) is 9.75. The molecular weight excluding hydrogens is 288 g/mol. The molecule has 0 aromatic rings. The standard InChI is InChI=1S/C13H32O3Si3/c1-10-19(15-17(4,5)6,16-18(7,8)9)12-14-11-13(2)3/h2,10-12H2,1,3-9H3. The molecule has 0 atom stereocenters. The highest BCUT2D eigenvalue weighted by Crippen LogP contribution is 2.24. The molecule has 3 nitrogen and oxygen atoms in total. The summed E-state index contributed by atoms with van der Waals surface area (Å²) in [6.45, 7) is 21.9. The first-order valence-electron chi connectivity index (χ1n) is 7.02. The van der Waals surface area contributed by atoms with E-state index in [0.29, 0.717) is 12.8 Å². The Morgan fingerprint density at radius 3 is 1.63 bits per heavy atom. The minimum absolute atomic E-state index is 0.596. The van der Waals surface area contributed by atoms with Gasteiger partial charge in [-0.25, -0.2) is 0 Å². The highest BCUT2D eigenvalue weighted by molar-refractivity contribution is 6.88. The first-order chi connectivity index (χ1) is 8.39. The van der Waals surface area contributed by atoms with E-state index in [0.717, 1.165) is 11.6 Å². The van der Waals surface area contributed by atoms with Crippen LogP contribution in [0.2, 0.25) is 45.3 Å². The average Bonchev–Trinajstić information content (AvgIpc) is 2.11. The molecule has 0 aliphatic carbocycles. The second-order valence-corrected chi connectivity index (χ2v) is 20.0. The van der Waals surface area contributed by atoms with E-state index in [1.165, 1.54) is 0 Å². The van der Waals surface area contributed by atoms with E-state index in [2.05, 4.69) is 52.8 Å². The molecule has 0 N–H and O–H groups in total. The van der Waals surface area contributed by atoms with Crippen molar-refractivity contribution in [2.45, 2.75) is 59.2 Å². The van der Waals surface area contributed by atoms with Gasteiger partial charge in [0.1, 0.15) is 0 Å². The van der Waals surface area contributed by atoms with E-state index in [9.17, 15) is 0 Å². The molecule has 0 saturated carbocycles. The average molecular weight is 321 g/mol. The lowest BCUT2D eigenvalue weighted by Crippen LogP contribution is -2.57. The van der Waals surface area contributed by atoms with Crippen molar-refractivity contribution in [1.82, 2.24) is 0 Å². The van der Waals surface area contributed by atoms with Crippen LogP contribution in [-0.2, 0) is 13.0 Å². The van der Waals surface area contributed by atoms with Gasteiger partial charge in [-0.3, -0.25) is 0 Å². The van der Waals surface area contributed by atoms with Gasteiger partial charge in [-0.2, -0.15) is 0 Å². The van der Waals surface area contributed by atoms with Crippen LogP contribution in [0.4, 0.5) is 0 Å². The van der Waals surface area contributed by atoms with E-state index in [-0.39, 0.29) is 0 Å². The zero-order valence-corrected chi connectivity index (χ0v) is 17.1. The lowest BCUT2D eigenvalue weighted by atomic mass is 10.4. The van der Waals surface area contributed by atoms with Crippen molar-refractivity contribution in [3.8, 4) is 0 Å². The molecule has 19 heavy (non-hydrogen) atoms. The Bertz CT molecular complexity index is 276. The molecule has 114 valence electrons. The fourth-order valence-corrected chi connectivity index (χ4v) is 13.5. The Morgan fingerprint density at radius 1 is 0.947 bits per heavy atom. The predicted octanol–water partition coefficient (Wildman–Crippen LogP) is 4.28. The molecule has 0 heterocycles. The molecule has 0 saturated heterocycles. The Balaban J connectivity index is 4.90. The Hall–Kier alpha value is 0.271. The molecule has 0 aromatic heterocycles. The van der Waals surface area contributed by atoms with E-state index in [1.54, 1.807) is 0 Å². The largest absolute Gasteiger partial charge is 0.435 e. The van der Waals surface area contributed by atoms with Gasteiger partial charge in [0.05, 0.1) is 12.8 Å². The molecule has 0 aliphatic rings. The van der Waals surface area contributed by atoms with E-state index in [4.69, 9.17) is 13.0 Å². The number of rotatable bonds is 9. The normalized spacial score (nSPS) is 13.7. The minimum atomic E-state index is -2.25. The number of hydrogen-bond donors (Lipinski definition) is 0. The van der Waals surface area contributed by atoms with Gasteiger partial charge in [-0.05, 0) is 52.2 Å². The predicted molar refractivity (Wildman–Crippen MR) is 90.7 cm³/mol. The summed E-state index contributed by atoms with van der Waals surface area (Å²) in [6, 6.07) is 0.942. The van der Waals surface area contributed by atoms with Crippen LogP contribution in [0.3, 0.4) is 0 Å². The molecule has 6 heteroatoms. The molecule has 0 radical (unpaired) electrons. The van der Waals surface area contributed by atoms with Gasteiger partial charge >= 0.3 is 8.56 Å². The van der Waals surface area contributed by atoms with Crippen LogP contribution >= 0.6 is 0 Å². The third-order valence-electron chi connectivity index (χ3n) is 2.19. The smallest absolute Gasteiger partial charge is 0.344 e. The van der Waals surface area contributed by atoms with Crippen molar-refractivity contribution in [3.63, 3.8) is 0 Å². The van der Waals surface area contributed by atoms with Crippen LogP contribution in [0.15, 0.2) is 12.2 Å². The highest BCUT2D eigenvalue weighted by atomic mass is 28.5. The molecule has 0 bridgehead atoms. The maximum absolute atomic E-state index is 6.47. The lowest BCUT2D eigenvalue weighted by molar-refractivity contribution is 0.168.